The number of nitrogens with zero attached hydrogens (tertiary/aromatic N) is 2. The van der Waals surface area contributed by atoms with Gasteiger partial charge in [0.15, 0.2) is 0 Å². The number of hydrogen-bond donors (Lipinski definition) is 0. The first-order valence-corrected chi connectivity index (χ1v) is 3.53. The average molecular weight is 201 g/mol. The molecule has 0 amide bonds. The average Bonchev–Trinajstić information content (AvgIpc) is 2.14. The van der Waals surface area contributed by atoms with Gasteiger partial charge in [0.05, 0.1) is 0 Å². The van der Waals surface area contributed by atoms with Crippen LogP contribution in [0.3, 0.4) is 0 Å². The molecular formula is C6H5BrN2O. The van der Waals surface area contributed by atoms with Crippen molar-refractivity contribution in [2.24, 2.45) is 10.2 Å². The van der Waals surface area contributed by atoms with Crippen LogP contribution in [0.1, 0.15) is 0 Å². The van der Waals surface area contributed by atoms with Crippen LogP contribution in [0.5, 0.6) is 0 Å². The monoisotopic (exact) mass is 200 g/mol. The van der Waals surface area contributed by atoms with Crippen molar-refractivity contribution < 1.29 is 0 Å². The second-order valence-corrected chi connectivity index (χ2v) is 2.56. The SMILES string of the molecule is O=N[C@@H]1C=CC=C(Br)N=C1. The van der Waals surface area contributed by atoms with Gasteiger partial charge in [0.25, 0.3) is 0 Å². The summed E-state index contributed by atoms with van der Waals surface area (Å²) in [5, 5.41) is 2.80. The molecule has 0 saturated heterocycles. The summed E-state index contributed by atoms with van der Waals surface area (Å²) in [6.45, 7) is 0. The molecule has 0 aromatic carbocycles. The number of allylic oxidation sites excluding steroid dienone is 2. The van der Waals surface area contributed by atoms with Crippen molar-refractivity contribution in [1.29, 1.82) is 0 Å². The quantitative estimate of drug-likeness (QED) is 0.472. The molecule has 0 aromatic rings. The molecule has 0 saturated carbocycles. The third kappa shape index (κ3) is 1.88. The van der Waals surface area contributed by atoms with Crippen molar-refractivity contribution in [3.8, 4) is 0 Å². The Morgan fingerprint density at radius 2 is 2.50 bits per heavy atom. The Morgan fingerprint density at radius 3 is 3.20 bits per heavy atom. The predicted octanol–water partition coefficient (Wildman–Crippen LogP) is 2.00. The first-order valence-electron chi connectivity index (χ1n) is 2.73. The van der Waals surface area contributed by atoms with Crippen LogP contribution in [-0.4, -0.2) is 12.3 Å². The maximum atomic E-state index is 9.99. The lowest BCUT2D eigenvalue weighted by Crippen LogP contribution is -1.98. The van der Waals surface area contributed by atoms with Crippen molar-refractivity contribution in [1.82, 2.24) is 0 Å². The maximum absolute atomic E-state index is 9.99. The number of halogens is 1. The lowest BCUT2D eigenvalue weighted by molar-refractivity contribution is 1.09. The minimum Gasteiger partial charge on any atom is -0.251 e. The fourth-order valence-electron chi connectivity index (χ4n) is 0.551. The van der Waals surface area contributed by atoms with Crippen LogP contribution in [-0.2, 0) is 0 Å². The van der Waals surface area contributed by atoms with Gasteiger partial charge in [0, 0.05) is 6.21 Å². The van der Waals surface area contributed by atoms with Gasteiger partial charge >= 0.3 is 0 Å². The normalized spacial score (nSPS) is 23.7. The second-order valence-electron chi connectivity index (χ2n) is 1.75. The first kappa shape index (κ1) is 7.34. The molecule has 1 aliphatic heterocycles. The van der Waals surface area contributed by atoms with Gasteiger partial charge in [-0.25, -0.2) is 0 Å². The van der Waals surface area contributed by atoms with Crippen LogP contribution in [0.2, 0.25) is 0 Å². The largest absolute Gasteiger partial charge is 0.251 e. The van der Waals surface area contributed by atoms with E-state index in [4.69, 9.17) is 0 Å². The molecule has 0 unspecified atom stereocenters. The summed E-state index contributed by atoms with van der Waals surface area (Å²) < 4.78 is 0.704. The van der Waals surface area contributed by atoms with Crippen molar-refractivity contribution in [3.63, 3.8) is 0 Å². The Balaban J connectivity index is 2.76. The van der Waals surface area contributed by atoms with Crippen LogP contribution >= 0.6 is 15.9 Å². The van der Waals surface area contributed by atoms with Crippen molar-refractivity contribution in [2.75, 3.05) is 0 Å². The van der Waals surface area contributed by atoms with Crippen LogP contribution in [0, 0.1) is 4.91 Å². The molecule has 4 heteroatoms. The van der Waals surface area contributed by atoms with E-state index in [0.29, 0.717) is 4.61 Å². The standard InChI is InChI=1S/C6H5BrN2O/c7-6-3-1-2-5(9-10)4-8-6/h1-5H/t5-/m1/s1. The lowest BCUT2D eigenvalue weighted by atomic mass is 10.3. The zero-order chi connectivity index (χ0) is 7.40. The summed E-state index contributed by atoms with van der Waals surface area (Å²) in [4.78, 5) is 13.9. The Labute approximate surface area is 66.6 Å². The van der Waals surface area contributed by atoms with Crippen molar-refractivity contribution in [2.45, 2.75) is 6.04 Å². The Kier molecular flexibility index (Phi) is 2.50. The van der Waals surface area contributed by atoms with E-state index in [-0.39, 0.29) is 0 Å². The highest BCUT2D eigenvalue weighted by atomic mass is 79.9. The van der Waals surface area contributed by atoms with E-state index in [1.165, 1.54) is 6.21 Å². The third-order valence-electron chi connectivity index (χ3n) is 1.01. The number of rotatable bonds is 1. The van der Waals surface area contributed by atoms with Crippen LogP contribution < -0.4 is 0 Å². The molecule has 3 nitrogen and oxygen atoms in total. The summed E-state index contributed by atoms with van der Waals surface area (Å²) in [5.41, 5.74) is 0. The van der Waals surface area contributed by atoms with E-state index in [9.17, 15) is 4.91 Å². The van der Waals surface area contributed by atoms with Crippen LogP contribution in [0.4, 0.5) is 0 Å². The molecule has 0 aromatic heterocycles. The molecule has 0 fully saturated rings. The van der Waals surface area contributed by atoms with Crippen molar-refractivity contribution in [3.05, 3.63) is 27.7 Å². The Morgan fingerprint density at radius 1 is 1.70 bits per heavy atom. The molecule has 10 heavy (non-hydrogen) atoms. The van der Waals surface area contributed by atoms with Gasteiger partial charge in [0.1, 0.15) is 10.6 Å². The summed E-state index contributed by atoms with van der Waals surface area (Å²) in [7, 11) is 0. The number of aliphatic imine (C=N–C) groups is 1. The molecule has 1 heterocycles. The maximum Gasteiger partial charge on any atom is 0.145 e. The highest BCUT2D eigenvalue weighted by Gasteiger charge is 2.00. The zero-order valence-corrected chi connectivity index (χ0v) is 6.65. The molecule has 0 aliphatic carbocycles. The second kappa shape index (κ2) is 3.41. The zero-order valence-electron chi connectivity index (χ0n) is 5.07. The fourth-order valence-corrected chi connectivity index (χ4v) is 0.822. The molecule has 0 radical (unpaired) electrons. The molecule has 52 valence electrons. The highest BCUT2D eigenvalue weighted by Crippen LogP contribution is 2.09. The van der Waals surface area contributed by atoms with E-state index in [1.807, 2.05) is 0 Å². The summed E-state index contributed by atoms with van der Waals surface area (Å²) in [6, 6.07) is -0.425. The molecule has 1 rings (SSSR count). The van der Waals surface area contributed by atoms with E-state index < -0.39 is 6.04 Å². The molecule has 1 aliphatic rings. The van der Waals surface area contributed by atoms with Gasteiger partial charge in [-0.05, 0) is 22.0 Å². The molecule has 0 spiro atoms. The Hall–Kier alpha value is -0.770. The minimum absolute atomic E-state index is 0.425. The van der Waals surface area contributed by atoms with Gasteiger partial charge in [-0.1, -0.05) is 17.3 Å². The van der Waals surface area contributed by atoms with Gasteiger partial charge in [-0.2, -0.15) is 0 Å². The highest BCUT2D eigenvalue weighted by molar-refractivity contribution is 9.11. The Bertz CT molecular complexity index is 220. The molecular weight excluding hydrogens is 196 g/mol. The van der Waals surface area contributed by atoms with Crippen LogP contribution in [0.15, 0.2) is 33.0 Å². The predicted molar refractivity (Wildman–Crippen MR) is 44.2 cm³/mol. The van der Waals surface area contributed by atoms with Crippen molar-refractivity contribution >= 4 is 22.1 Å². The first-order chi connectivity index (χ1) is 4.83. The lowest BCUT2D eigenvalue weighted by Gasteiger charge is -1.88. The van der Waals surface area contributed by atoms with E-state index >= 15 is 0 Å². The number of hydrogen-bond acceptors (Lipinski definition) is 3. The molecule has 0 N–H and O–H groups in total. The summed E-state index contributed by atoms with van der Waals surface area (Å²) >= 11 is 3.16. The van der Waals surface area contributed by atoms with Gasteiger partial charge in [-0.15, -0.1) is 4.91 Å². The van der Waals surface area contributed by atoms with Gasteiger partial charge in [-0.3, -0.25) is 4.99 Å². The topological polar surface area (TPSA) is 41.8 Å². The van der Waals surface area contributed by atoms with Crippen LogP contribution in [0.25, 0.3) is 0 Å². The number of nitroso groups, excluding NO2 is 1. The third-order valence-corrected chi connectivity index (χ3v) is 1.48. The minimum atomic E-state index is -0.425. The van der Waals surface area contributed by atoms with E-state index in [1.54, 1.807) is 18.2 Å². The van der Waals surface area contributed by atoms with Gasteiger partial charge in [0.2, 0.25) is 0 Å². The summed E-state index contributed by atoms with van der Waals surface area (Å²) in [6.07, 6.45) is 6.65. The molecule has 0 bridgehead atoms. The van der Waals surface area contributed by atoms with E-state index in [2.05, 4.69) is 26.1 Å². The fraction of sp³-hybridized carbons (Fsp3) is 0.167. The van der Waals surface area contributed by atoms with Gasteiger partial charge < -0.3 is 0 Å². The van der Waals surface area contributed by atoms with E-state index in [0.717, 1.165) is 0 Å². The summed E-state index contributed by atoms with van der Waals surface area (Å²) in [5.74, 6) is 0. The smallest absolute Gasteiger partial charge is 0.145 e. The molecule has 1 atom stereocenters.